The van der Waals surface area contributed by atoms with Gasteiger partial charge in [-0.1, -0.05) is 24.3 Å². The van der Waals surface area contributed by atoms with Crippen LogP contribution in [0, 0.1) is 11.6 Å². The molecule has 1 saturated carbocycles. The molecule has 0 radical (unpaired) electrons. The predicted molar refractivity (Wildman–Crippen MR) is 88.7 cm³/mol. The molecule has 1 aliphatic carbocycles. The second-order valence-corrected chi connectivity index (χ2v) is 6.23. The van der Waals surface area contributed by atoms with Crippen LogP contribution in [0.1, 0.15) is 40.2 Å². The average molecular weight is 344 g/mol. The lowest BCUT2D eigenvalue weighted by Gasteiger charge is -2.22. The maximum atomic E-state index is 14.2. The zero-order chi connectivity index (χ0) is 18.0. The number of carbonyl (C=O) groups is 2. The molecule has 1 fully saturated rings. The van der Waals surface area contributed by atoms with Crippen LogP contribution in [0.4, 0.5) is 8.78 Å². The number of nitrogens with two attached hydrogens (primary N) is 1. The zero-order valence-electron chi connectivity index (χ0n) is 13.5. The average Bonchev–Trinajstić information content (AvgIpc) is 3.40. The van der Waals surface area contributed by atoms with E-state index in [1.54, 1.807) is 12.1 Å². The smallest absolute Gasteiger partial charge is 0.257 e. The van der Waals surface area contributed by atoms with Gasteiger partial charge in [-0.05, 0) is 42.5 Å². The first kappa shape index (κ1) is 17.1. The van der Waals surface area contributed by atoms with E-state index < -0.39 is 30.0 Å². The molecule has 0 saturated heterocycles. The van der Waals surface area contributed by atoms with Crippen molar-refractivity contribution >= 4 is 11.8 Å². The molecule has 0 aliphatic heterocycles. The van der Waals surface area contributed by atoms with E-state index in [9.17, 15) is 18.4 Å². The molecule has 0 bridgehead atoms. The summed E-state index contributed by atoms with van der Waals surface area (Å²) in [4.78, 5) is 25.0. The van der Waals surface area contributed by atoms with Crippen molar-refractivity contribution < 1.29 is 18.4 Å². The van der Waals surface area contributed by atoms with Gasteiger partial charge >= 0.3 is 0 Å². The van der Waals surface area contributed by atoms with Crippen LogP contribution in [0.5, 0.6) is 0 Å². The van der Waals surface area contributed by atoms with E-state index in [0.717, 1.165) is 29.4 Å². The van der Waals surface area contributed by atoms with Crippen LogP contribution >= 0.6 is 0 Å². The lowest BCUT2D eigenvalue weighted by atomic mass is 10.1. The van der Waals surface area contributed by atoms with Crippen molar-refractivity contribution in [2.75, 3.05) is 6.54 Å². The predicted octanol–water partition coefficient (Wildman–Crippen LogP) is 2.97. The van der Waals surface area contributed by atoms with Crippen molar-refractivity contribution in [1.82, 2.24) is 4.90 Å². The molecule has 0 aromatic heterocycles. The fourth-order valence-electron chi connectivity index (χ4n) is 2.78. The first-order valence-electron chi connectivity index (χ1n) is 8.06. The van der Waals surface area contributed by atoms with Crippen LogP contribution in [0.15, 0.2) is 42.5 Å². The standard InChI is InChI=1S/C19H18F2N2O2/c20-16-8-7-13(12-5-6-12)9-14(16)10-23(11-18(22)24)19(25)15-3-1-2-4-17(15)21/h1-4,7-9,12H,5-6,10-11H2,(H2,22,24). The Kier molecular flexibility index (Phi) is 4.79. The molecule has 2 amide bonds. The maximum absolute atomic E-state index is 14.2. The summed E-state index contributed by atoms with van der Waals surface area (Å²) in [7, 11) is 0. The number of hydrogen-bond acceptors (Lipinski definition) is 2. The summed E-state index contributed by atoms with van der Waals surface area (Å²) in [5.41, 5.74) is 6.32. The molecule has 25 heavy (non-hydrogen) atoms. The van der Waals surface area contributed by atoms with E-state index in [2.05, 4.69) is 0 Å². The van der Waals surface area contributed by atoms with E-state index in [0.29, 0.717) is 5.92 Å². The van der Waals surface area contributed by atoms with Gasteiger partial charge in [-0.2, -0.15) is 0 Å². The molecule has 130 valence electrons. The topological polar surface area (TPSA) is 63.4 Å². The molecule has 2 aromatic rings. The second-order valence-electron chi connectivity index (χ2n) is 6.23. The molecule has 2 aromatic carbocycles. The van der Waals surface area contributed by atoms with Crippen LogP contribution < -0.4 is 5.73 Å². The third kappa shape index (κ3) is 4.02. The van der Waals surface area contributed by atoms with Gasteiger partial charge in [-0.15, -0.1) is 0 Å². The van der Waals surface area contributed by atoms with E-state index in [-0.39, 0.29) is 17.7 Å². The van der Waals surface area contributed by atoms with E-state index in [4.69, 9.17) is 5.73 Å². The third-order valence-corrected chi connectivity index (χ3v) is 4.22. The van der Waals surface area contributed by atoms with Crippen LogP contribution in [0.3, 0.4) is 0 Å². The fourth-order valence-corrected chi connectivity index (χ4v) is 2.78. The van der Waals surface area contributed by atoms with Crippen molar-refractivity contribution in [3.8, 4) is 0 Å². The Labute approximate surface area is 144 Å². The number of amides is 2. The summed E-state index contributed by atoms with van der Waals surface area (Å²) in [5.74, 6) is -2.20. The monoisotopic (exact) mass is 344 g/mol. The lowest BCUT2D eigenvalue weighted by molar-refractivity contribution is -0.118. The van der Waals surface area contributed by atoms with Gasteiger partial charge in [0.05, 0.1) is 12.1 Å². The van der Waals surface area contributed by atoms with E-state index in [1.165, 1.54) is 24.3 Å². The molecule has 2 N–H and O–H groups in total. The van der Waals surface area contributed by atoms with Crippen molar-refractivity contribution in [3.05, 3.63) is 70.8 Å². The van der Waals surface area contributed by atoms with Crippen molar-refractivity contribution in [2.24, 2.45) is 5.73 Å². The first-order chi connectivity index (χ1) is 12.0. The fraction of sp³-hybridized carbons (Fsp3) is 0.263. The van der Waals surface area contributed by atoms with Gasteiger partial charge in [-0.3, -0.25) is 9.59 Å². The van der Waals surface area contributed by atoms with Crippen LogP contribution in [-0.4, -0.2) is 23.3 Å². The quantitative estimate of drug-likeness (QED) is 0.876. The number of hydrogen-bond donors (Lipinski definition) is 1. The summed E-state index contributed by atoms with van der Waals surface area (Å²) in [6.45, 7) is -0.567. The van der Waals surface area contributed by atoms with Gasteiger partial charge in [0.25, 0.3) is 5.91 Å². The lowest BCUT2D eigenvalue weighted by Crippen LogP contribution is -2.38. The number of nitrogens with zero attached hydrogens (tertiary/aromatic N) is 1. The number of halogens is 2. The molecule has 0 atom stereocenters. The summed E-state index contributed by atoms with van der Waals surface area (Å²) in [6.07, 6.45) is 2.12. The zero-order valence-corrected chi connectivity index (χ0v) is 13.5. The number of primary amides is 1. The van der Waals surface area contributed by atoms with Crippen LogP contribution in [-0.2, 0) is 11.3 Å². The summed E-state index contributed by atoms with van der Waals surface area (Å²) in [5, 5.41) is 0. The van der Waals surface area contributed by atoms with Gasteiger partial charge in [0.2, 0.25) is 5.91 Å². The molecule has 1 aliphatic rings. The number of carbonyl (C=O) groups excluding carboxylic acids is 2. The van der Waals surface area contributed by atoms with Gasteiger partial charge in [0, 0.05) is 12.1 Å². The second kappa shape index (κ2) is 7.01. The molecule has 0 unspecified atom stereocenters. The third-order valence-electron chi connectivity index (χ3n) is 4.22. The highest BCUT2D eigenvalue weighted by Gasteiger charge is 2.26. The number of benzene rings is 2. The van der Waals surface area contributed by atoms with Gasteiger partial charge < -0.3 is 10.6 Å². The normalized spacial score (nSPS) is 13.5. The maximum Gasteiger partial charge on any atom is 0.257 e. The largest absolute Gasteiger partial charge is 0.368 e. The Hall–Kier alpha value is -2.76. The Morgan fingerprint density at radius 1 is 1.08 bits per heavy atom. The molecule has 3 rings (SSSR count). The van der Waals surface area contributed by atoms with Gasteiger partial charge in [0.15, 0.2) is 0 Å². The first-order valence-corrected chi connectivity index (χ1v) is 8.06. The Morgan fingerprint density at radius 3 is 2.44 bits per heavy atom. The molecular formula is C19H18F2N2O2. The minimum Gasteiger partial charge on any atom is -0.368 e. The van der Waals surface area contributed by atoms with Crippen LogP contribution in [0.2, 0.25) is 0 Å². The highest BCUT2D eigenvalue weighted by atomic mass is 19.1. The molecule has 6 heteroatoms. The van der Waals surface area contributed by atoms with E-state index >= 15 is 0 Å². The van der Waals surface area contributed by atoms with Gasteiger partial charge in [-0.25, -0.2) is 8.78 Å². The Balaban J connectivity index is 1.89. The molecular weight excluding hydrogens is 326 g/mol. The van der Waals surface area contributed by atoms with Gasteiger partial charge in [0.1, 0.15) is 11.6 Å². The van der Waals surface area contributed by atoms with E-state index in [1.807, 2.05) is 0 Å². The van der Waals surface area contributed by atoms with Crippen molar-refractivity contribution in [2.45, 2.75) is 25.3 Å². The summed E-state index contributed by atoms with van der Waals surface area (Å²) >= 11 is 0. The van der Waals surface area contributed by atoms with Crippen molar-refractivity contribution in [1.29, 1.82) is 0 Å². The van der Waals surface area contributed by atoms with Crippen LogP contribution in [0.25, 0.3) is 0 Å². The Bertz CT molecular complexity index is 819. The minimum absolute atomic E-state index is 0.150. The molecule has 0 spiro atoms. The SMILES string of the molecule is NC(=O)CN(Cc1cc(C2CC2)ccc1F)C(=O)c1ccccc1F. The summed E-state index contributed by atoms with van der Waals surface area (Å²) < 4.78 is 28.1. The molecule has 0 heterocycles. The summed E-state index contributed by atoms with van der Waals surface area (Å²) in [6, 6.07) is 10.3. The molecule has 4 nitrogen and oxygen atoms in total. The number of rotatable bonds is 6. The Morgan fingerprint density at radius 2 is 1.80 bits per heavy atom. The highest BCUT2D eigenvalue weighted by Crippen LogP contribution is 2.40. The van der Waals surface area contributed by atoms with Crippen molar-refractivity contribution in [3.63, 3.8) is 0 Å². The highest BCUT2D eigenvalue weighted by molar-refractivity contribution is 5.96. The minimum atomic E-state index is -0.747.